The number of halogens is 3. The van der Waals surface area contributed by atoms with Gasteiger partial charge < -0.3 is 0 Å². The third kappa shape index (κ3) is 2.69. The number of methoxy groups -OCH3 is 1. The molecule has 0 aromatic heterocycles. The fraction of sp³-hybridized carbons (Fsp3) is 0.143. The minimum absolute atomic E-state index is 0.811. The van der Waals surface area contributed by atoms with Crippen LogP contribution in [0.15, 0.2) is 24.3 Å². The number of rotatable bonds is 2. The molecule has 0 amide bonds. The predicted molar refractivity (Wildman–Crippen MR) is 57.4 cm³/mol. The molecule has 0 atom stereocenters. The van der Waals surface area contributed by atoms with Crippen molar-refractivity contribution in [2.45, 2.75) is 0 Å². The van der Waals surface area contributed by atoms with Gasteiger partial charge in [0.15, 0.2) is 0 Å². The van der Waals surface area contributed by atoms with E-state index in [-0.39, 0.29) is 0 Å². The molecule has 0 saturated heterocycles. The van der Waals surface area contributed by atoms with Crippen molar-refractivity contribution >= 4 is 35.4 Å². The molecule has 0 aliphatic heterocycles. The summed E-state index contributed by atoms with van der Waals surface area (Å²) in [5.74, 6) is 0.811. The van der Waals surface area contributed by atoms with Crippen LogP contribution < -0.4 is 4.74 Å². The summed E-state index contributed by atoms with van der Waals surface area (Å²) in [4.78, 5) is 0. The molecule has 0 N–H and O–H groups in total. The maximum absolute atomic E-state index is 5.80. The molecule has 4 heteroatoms. The minimum atomic E-state index is -1.86. The van der Waals surface area contributed by atoms with Crippen molar-refractivity contribution in [3.05, 3.63) is 27.8 Å². The van der Waals surface area contributed by atoms with Gasteiger partial charge in [0.1, 0.15) is 0 Å². The molecule has 11 heavy (non-hydrogen) atoms. The zero-order chi connectivity index (χ0) is 8.27. The molecule has 0 unspecified atom stereocenters. The summed E-state index contributed by atoms with van der Waals surface area (Å²) in [5, 5.41) is 0. The Kier molecular flexibility index (Phi) is 3.75. The van der Waals surface area contributed by atoms with Crippen molar-refractivity contribution in [3.8, 4) is 5.75 Å². The fourth-order valence-corrected chi connectivity index (χ4v) is 2.90. The third-order valence-corrected chi connectivity index (χ3v) is 5.02. The molecule has 0 radical (unpaired) electrons. The predicted octanol–water partition coefficient (Wildman–Crippen LogP) is 3.68. The van der Waals surface area contributed by atoms with Gasteiger partial charge in [-0.2, -0.15) is 0 Å². The van der Waals surface area contributed by atoms with E-state index in [2.05, 4.69) is 0 Å². The summed E-state index contributed by atoms with van der Waals surface area (Å²) < 4.78 is 6.02. The summed E-state index contributed by atoms with van der Waals surface area (Å²) in [6.07, 6.45) is 0. The normalized spacial score (nSPS) is 11.0. The number of ether oxygens (including phenoxy) is 1. The Hall–Kier alpha value is 0.330. The third-order valence-electron chi connectivity index (χ3n) is 1.20. The Bertz CT molecular complexity index is 240. The van der Waals surface area contributed by atoms with Crippen LogP contribution in [0.1, 0.15) is 0 Å². The van der Waals surface area contributed by atoms with Crippen LogP contribution in [0, 0.1) is 3.57 Å². The monoisotopic (exact) mass is 304 g/mol. The van der Waals surface area contributed by atoms with Crippen molar-refractivity contribution < 1.29 is 4.74 Å². The average Bonchev–Trinajstić information content (AvgIpc) is 2.05. The van der Waals surface area contributed by atoms with Gasteiger partial charge in [0.05, 0.1) is 0 Å². The second-order valence-electron chi connectivity index (χ2n) is 1.86. The molecule has 0 bridgehead atoms. The average molecular weight is 305 g/mol. The topological polar surface area (TPSA) is 9.23 Å². The SMILES string of the molecule is COc1cccc(I(Cl)Cl)c1. The zero-order valence-electron chi connectivity index (χ0n) is 5.85. The van der Waals surface area contributed by atoms with Crippen molar-refractivity contribution in [2.75, 3.05) is 7.11 Å². The Morgan fingerprint density at radius 2 is 2.09 bits per heavy atom. The number of hydrogen-bond donors (Lipinski definition) is 0. The first-order valence-electron chi connectivity index (χ1n) is 2.91. The van der Waals surface area contributed by atoms with Gasteiger partial charge in [-0.05, 0) is 0 Å². The Morgan fingerprint density at radius 1 is 1.36 bits per heavy atom. The molecule has 1 rings (SSSR count). The first kappa shape index (κ1) is 9.42. The fourth-order valence-electron chi connectivity index (χ4n) is 0.683. The van der Waals surface area contributed by atoms with E-state index < -0.39 is 17.6 Å². The summed E-state index contributed by atoms with van der Waals surface area (Å²) in [6.45, 7) is 0. The van der Waals surface area contributed by atoms with E-state index in [4.69, 9.17) is 22.6 Å². The van der Waals surface area contributed by atoms with Crippen LogP contribution in [0.2, 0.25) is 0 Å². The van der Waals surface area contributed by atoms with Gasteiger partial charge in [0, 0.05) is 0 Å². The molecule has 0 heterocycles. The van der Waals surface area contributed by atoms with Crippen LogP contribution in [0.5, 0.6) is 5.75 Å². The molecule has 0 spiro atoms. The second kappa shape index (κ2) is 4.38. The Labute approximate surface area is 80.5 Å². The Morgan fingerprint density at radius 3 is 2.64 bits per heavy atom. The first-order valence-corrected chi connectivity index (χ1v) is 9.45. The number of hydrogen-bond acceptors (Lipinski definition) is 1. The van der Waals surface area contributed by atoms with E-state index in [1.54, 1.807) is 7.11 Å². The molecule has 0 fully saturated rings. The van der Waals surface area contributed by atoms with E-state index in [1.807, 2.05) is 24.3 Å². The second-order valence-corrected chi connectivity index (χ2v) is 9.04. The summed E-state index contributed by atoms with van der Waals surface area (Å²) >= 11 is -1.86. The van der Waals surface area contributed by atoms with E-state index in [0.717, 1.165) is 9.32 Å². The molecular weight excluding hydrogens is 298 g/mol. The van der Waals surface area contributed by atoms with Crippen LogP contribution in [-0.2, 0) is 0 Å². The zero-order valence-corrected chi connectivity index (χ0v) is 9.52. The molecular formula is C7H7Cl2IO. The molecule has 1 aromatic carbocycles. The quantitative estimate of drug-likeness (QED) is 0.757. The van der Waals surface area contributed by atoms with Gasteiger partial charge in [-0.3, -0.25) is 0 Å². The molecule has 62 valence electrons. The van der Waals surface area contributed by atoms with Crippen LogP contribution >= 0.6 is 35.4 Å². The van der Waals surface area contributed by atoms with Crippen molar-refractivity contribution in [1.82, 2.24) is 0 Å². The van der Waals surface area contributed by atoms with Crippen molar-refractivity contribution in [1.29, 1.82) is 0 Å². The summed E-state index contributed by atoms with van der Waals surface area (Å²) in [5.41, 5.74) is 0. The standard InChI is InChI=1S/C7H7Cl2IO/c1-11-7-4-2-3-6(5-7)10(8)9/h2-5H,1H3. The van der Waals surface area contributed by atoms with Gasteiger partial charge >= 0.3 is 80.8 Å². The van der Waals surface area contributed by atoms with Gasteiger partial charge in [0.2, 0.25) is 0 Å². The van der Waals surface area contributed by atoms with Crippen molar-refractivity contribution in [3.63, 3.8) is 0 Å². The molecule has 1 aromatic rings. The summed E-state index contributed by atoms with van der Waals surface area (Å²) in [6, 6.07) is 7.57. The molecule has 1 nitrogen and oxygen atoms in total. The molecule has 0 saturated carbocycles. The maximum atomic E-state index is 5.80. The van der Waals surface area contributed by atoms with E-state index >= 15 is 0 Å². The summed E-state index contributed by atoms with van der Waals surface area (Å²) in [7, 11) is 13.2. The van der Waals surface area contributed by atoms with Crippen LogP contribution in [-0.4, -0.2) is 7.11 Å². The van der Waals surface area contributed by atoms with Crippen LogP contribution in [0.25, 0.3) is 0 Å². The van der Waals surface area contributed by atoms with Crippen molar-refractivity contribution in [2.24, 2.45) is 0 Å². The van der Waals surface area contributed by atoms with Gasteiger partial charge in [-0.1, -0.05) is 0 Å². The van der Waals surface area contributed by atoms with Crippen LogP contribution in [0.3, 0.4) is 0 Å². The first-order chi connectivity index (χ1) is 5.24. The van der Waals surface area contributed by atoms with E-state index in [1.165, 1.54) is 0 Å². The van der Waals surface area contributed by atoms with E-state index in [9.17, 15) is 0 Å². The van der Waals surface area contributed by atoms with Gasteiger partial charge in [0.25, 0.3) is 0 Å². The molecule has 0 aliphatic rings. The van der Waals surface area contributed by atoms with Gasteiger partial charge in [-0.15, -0.1) is 0 Å². The molecule has 0 aliphatic carbocycles. The van der Waals surface area contributed by atoms with Gasteiger partial charge in [-0.25, -0.2) is 0 Å². The Balaban J connectivity index is 2.91. The number of benzene rings is 1. The van der Waals surface area contributed by atoms with Crippen LogP contribution in [0.4, 0.5) is 0 Å². The van der Waals surface area contributed by atoms with E-state index in [0.29, 0.717) is 0 Å².